The topological polar surface area (TPSA) is 61.8 Å². The van der Waals surface area contributed by atoms with Gasteiger partial charge in [-0.25, -0.2) is 9.18 Å². The fourth-order valence-corrected chi connectivity index (χ4v) is 3.15. The molecule has 142 valence electrons. The Morgan fingerprint density at radius 1 is 1.26 bits per heavy atom. The molecule has 2 aromatic heterocycles. The molecule has 0 aliphatic heterocycles. The predicted octanol–water partition coefficient (Wildman–Crippen LogP) is 2.90. The van der Waals surface area contributed by atoms with Crippen molar-refractivity contribution in [3.63, 3.8) is 0 Å². The summed E-state index contributed by atoms with van der Waals surface area (Å²) in [6.07, 6.45) is 2.28. The van der Waals surface area contributed by atoms with Gasteiger partial charge < -0.3 is 4.57 Å². The number of aryl methyl sites for hydroxylation is 2. The van der Waals surface area contributed by atoms with Crippen molar-refractivity contribution in [3.05, 3.63) is 73.4 Å². The minimum atomic E-state index is -0.479. The van der Waals surface area contributed by atoms with Crippen molar-refractivity contribution in [1.29, 1.82) is 0 Å². The molecule has 1 aromatic carbocycles. The van der Waals surface area contributed by atoms with Crippen LogP contribution in [0.25, 0.3) is 11.2 Å². The van der Waals surface area contributed by atoms with Gasteiger partial charge >= 0.3 is 5.69 Å². The highest BCUT2D eigenvalue weighted by Crippen LogP contribution is 2.16. The van der Waals surface area contributed by atoms with Gasteiger partial charge in [-0.15, -0.1) is 0 Å². The number of hydrogen-bond donors (Lipinski definition) is 0. The number of imidazole rings is 1. The number of benzene rings is 1. The molecule has 0 bridgehead atoms. The van der Waals surface area contributed by atoms with Gasteiger partial charge in [0, 0.05) is 20.1 Å². The van der Waals surface area contributed by atoms with Crippen molar-refractivity contribution < 1.29 is 4.39 Å². The van der Waals surface area contributed by atoms with Crippen molar-refractivity contribution in [2.24, 2.45) is 7.05 Å². The molecular formula is C19H20ClFN4O2. The zero-order valence-corrected chi connectivity index (χ0v) is 16.1. The van der Waals surface area contributed by atoms with Crippen LogP contribution in [0.2, 0.25) is 5.28 Å². The number of hydrogen-bond acceptors (Lipinski definition) is 3. The van der Waals surface area contributed by atoms with Gasteiger partial charge in [-0.3, -0.25) is 13.9 Å². The summed E-state index contributed by atoms with van der Waals surface area (Å²) in [7, 11) is 1.55. The highest BCUT2D eigenvalue weighted by atomic mass is 35.5. The van der Waals surface area contributed by atoms with Crippen molar-refractivity contribution in [3.8, 4) is 0 Å². The molecule has 27 heavy (non-hydrogen) atoms. The van der Waals surface area contributed by atoms with E-state index in [1.54, 1.807) is 23.7 Å². The molecule has 0 saturated carbocycles. The number of aromatic nitrogens is 4. The van der Waals surface area contributed by atoms with Crippen LogP contribution in [0.4, 0.5) is 4.39 Å². The van der Waals surface area contributed by atoms with E-state index in [4.69, 9.17) is 11.6 Å². The van der Waals surface area contributed by atoms with E-state index in [-0.39, 0.29) is 28.8 Å². The number of allylic oxidation sites excluding steroid dienone is 2. The van der Waals surface area contributed by atoms with Crippen molar-refractivity contribution >= 4 is 22.8 Å². The zero-order valence-electron chi connectivity index (χ0n) is 15.4. The van der Waals surface area contributed by atoms with E-state index >= 15 is 0 Å². The number of fused-ring (bicyclic) bond motifs is 1. The monoisotopic (exact) mass is 390 g/mol. The minimum Gasteiger partial charge on any atom is -0.305 e. The van der Waals surface area contributed by atoms with Gasteiger partial charge in [-0.2, -0.15) is 4.98 Å². The first-order valence-electron chi connectivity index (χ1n) is 8.53. The third-order valence-electron chi connectivity index (χ3n) is 4.38. The molecule has 6 nitrogen and oxygen atoms in total. The summed E-state index contributed by atoms with van der Waals surface area (Å²) >= 11 is 6.21. The lowest BCUT2D eigenvalue weighted by Crippen LogP contribution is -2.40. The molecule has 0 radical (unpaired) electrons. The second-order valence-electron chi connectivity index (χ2n) is 6.62. The van der Waals surface area contributed by atoms with Crippen LogP contribution in [0.15, 0.2) is 45.5 Å². The Morgan fingerprint density at radius 2 is 2.00 bits per heavy atom. The first kappa shape index (κ1) is 19.1. The maximum Gasteiger partial charge on any atom is 0.332 e. The van der Waals surface area contributed by atoms with E-state index < -0.39 is 11.2 Å². The van der Waals surface area contributed by atoms with Gasteiger partial charge in [-0.1, -0.05) is 23.8 Å². The molecule has 0 unspecified atom stereocenters. The Hall–Kier alpha value is -2.67. The summed E-state index contributed by atoms with van der Waals surface area (Å²) in [5.41, 5.74) is 1.38. The van der Waals surface area contributed by atoms with Crippen LogP contribution in [0.3, 0.4) is 0 Å². The lowest BCUT2D eigenvalue weighted by Gasteiger charge is -2.09. The Labute approximate surface area is 160 Å². The molecule has 0 N–H and O–H groups in total. The quantitative estimate of drug-likeness (QED) is 0.497. The van der Waals surface area contributed by atoms with Crippen molar-refractivity contribution in [1.82, 2.24) is 18.7 Å². The van der Waals surface area contributed by atoms with E-state index in [0.717, 1.165) is 10.1 Å². The average molecular weight is 391 g/mol. The summed E-state index contributed by atoms with van der Waals surface area (Å²) in [6.45, 7) is 4.41. The smallest absolute Gasteiger partial charge is 0.305 e. The van der Waals surface area contributed by atoms with E-state index in [1.165, 1.54) is 16.7 Å². The Kier molecular flexibility index (Phi) is 5.32. The van der Waals surface area contributed by atoms with Crippen molar-refractivity contribution in [2.45, 2.75) is 33.4 Å². The lowest BCUT2D eigenvalue weighted by atomic mass is 10.1. The zero-order chi connectivity index (χ0) is 19.7. The van der Waals surface area contributed by atoms with E-state index in [2.05, 4.69) is 4.98 Å². The summed E-state index contributed by atoms with van der Waals surface area (Å²) in [6, 6.07) is 6.10. The van der Waals surface area contributed by atoms with Crippen LogP contribution < -0.4 is 11.2 Å². The minimum absolute atomic E-state index is 0.135. The van der Waals surface area contributed by atoms with Crippen LogP contribution in [-0.2, 0) is 26.6 Å². The van der Waals surface area contributed by atoms with E-state index in [0.29, 0.717) is 18.5 Å². The molecule has 0 atom stereocenters. The Morgan fingerprint density at radius 3 is 2.67 bits per heavy atom. The van der Waals surface area contributed by atoms with Gasteiger partial charge in [0.25, 0.3) is 5.56 Å². The maximum absolute atomic E-state index is 13.4. The van der Waals surface area contributed by atoms with Crippen LogP contribution in [0.5, 0.6) is 0 Å². The standard InChI is InChI=1S/C19H20ClFN4O2/c1-12(2)7-9-24-15-16(22-18(24)20)23(3)19(27)25(17(15)26)10-8-13-5-4-6-14(21)11-13/h4-7,11H,8-10H2,1-3H3. The molecule has 0 spiro atoms. The Bertz CT molecular complexity index is 1150. The van der Waals surface area contributed by atoms with E-state index in [1.807, 2.05) is 19.9 Å². The van der Waals surface area contributed by atoms with Crippen LogP contribution >= 0.6 is 11.6 Å². The number of halogens is 2. The first-order chi connectivity index (χ1) is 12.8. The molecule has 2 heterocycles. The summed E-state index contributed by atoms with van der Waals surface area (Å²) in [5.74, 6) is -0.352. The second-order valence-corrected chi connectivity index (χ2v) is 6.96. The fourth-order valence-electron chi connectivity index (χ4n) is 2.92. The normalized spacial score (nSPS) is 11.1. The molecule has 3 rings (SSSR count). The molecule has 8 heteroatoms. The van der Waals surface area contributed by atoms with Gasteiger partial charge in [0.1, 0.15) is 5.82 Å². The maximum atomic E-state index is 13.4. The molecule has 0 amide bonds. The second kappa shape index (κ2) is 7.52. The molecule has 0 aliphatic carbocycles. The highest BCUT2D eigenvalue weighted by Gasteiger charge is 2.19. The Balaban J connectivity index is 2.10. The van der Waals surface area contributed by atoms with E-state index in [9.17, 15) is 14.0 Å². The lowest BCUT2D eigenvalue weighted by molar-refractivity contribution is 0.594. The number of nitrogens with zero attached hydrogens (tertiary/aromatic N) is 4. The van der Waals surface area contributed by atoms with Crippen molar-refractivity contribution in [2.75, 3.05) is 0 Å². The summed E-state index contributed by atoms with van der Waals surface area (Å²) in [5, 5.41) is 0.150. The van der Waals surface area contributed by atoms with Crippen LogP contribution in [0, 0.1) is 5.82 Å². The van der Waals surface area contributed by atoms with Gasteiger partial charge in [0.2, 0.25) is 5.28 Å². The van der Waals surface area contributed by atoms with Gasteiger partial charge in [-0.05, 0) is 49.6 Å². The first-order valence-corrected chi connectivity index (χ1v) is 8.90. The molecule has 0 fully saturated rings. The summed E-state index contributed by atoms with van der Waals surface area (Å²) < 4.78 is 17.4. The number of rotatable bonds is 5. The molecule has 3 aromatic rings. The summed E-state index contributed by atoms with van der Waals surface area (Å²) in [4.78, 5) is 29.8. The third-order valence-corrected chi connectivity index (χ3v) is 4.67. The largest absolute Gasteiger partial charge is 0.332 e. The van der Waals surface area contributed by atoms with Gasteiger partial charge in [0.05, 0.1) is 0 Å². The third kappa shape index (κ3) is 3.73. The molecule has 0 saturated heterocycles. The predicted molar refractivity (Wildman–Crippen MR) is 104 cm³/mol. The van der Waals surface area contributed by atoms with Crippen LogP contribution in [0.1, 0.15) is 19.4 Å². The van der Waals surface area contributed by atoms with Gasteiger partial charge in [0.15, 0.2) is 11.2 Å². The van der Waals surface area contributed by atoms with Crippen LogP contribution in [-0.4, -0.2) is 18.7 Å². The SMILES string of the molecule is CC(C)=CCn1c(Cl)nc2c1c(=O)n(CCc1cccc(F)c1)c(=O)n2C. The molecular weight excluding hydrogens is 371 g/mol. The average Bonchev–Trinajstić information content (AvgIpc) is 2.94. The highest BCUT2D eigenvalue weighted by molar-refractivity contribution is 6.29. The molecule has 0 aliphatic rings. The fraction of sp³-hybridized carbons (Fsp3) is 0.316.